The molecule has 1 aliphatic carbocycles. The van der Waals surface area contributed by atoms with Gasteiger partial charge in [0, 0.05) is 18.2 Å². The second-order valence-electron chi connectivity index (χ2n) is 5.36. The van der Waals surface area contributed by atoms with Crippen LogP contribution in [0.4, 0.5) is 5.69 Å². The smallest absolute Gasteiger partial charge is 0.273 e. The average molecular weight is 299 g/mol. The zero-order valence-corrected chi connectivity index (χ0v) is 12.5. The normalized spacial score (nSPS) is 15.6. The number of benzene rings is 1. The predicted octanol–water partition coefficient (Wildman–Crippen LogP) is 4.08. The van der Waals surface area contributed by atoms with Crippen molar-refractivity contribution in [2.24, 2.45) is 5.92 Å². The molecule has 1 fully saturated rings. The maximum Gasteiger partial charge on any atom is 0.273 e. The minimum absolute atomic E-state index is 0. The summed E-state index contributed by atoms with van der Waals surface area (Å²) in [7, 11) is 0. The number of halogens is 1. The van der Waals surface area contributed by atoms with Gasteiger partial charge in [-0.05, 0) is 18.9 Å². The standard InChI is InChI=1S/C15H22N2O2.ClH/c18-17(19)15-9-5-4-8-14(15)12-16-11-10-13-6-2-1-3-7-13;/h4-5,8-9,13,16H,1-3,6-7,10-12H2;1H. The SMILES string of the molecule is Cl.O=[N+]([O-])c1ccccc1CNCCC1CCCCC1. The summed E-state index contributed by atoms with van der Waals surface area (Å²) in [6.45, 7) is 1.54. The van der Waals surface area contributed by atoms with Crippen LogP contribution in [0.1, 0.15) is 44.1 Å². The lowest BCUT2D eigenvalue weighted by Crippen LogP contribution is -2.19. The van der Waals surface area contributed by atoms with Gasteiger partial charge in [0.1, 0.15) is 0 Å². The van der Waals surface area contributed by atoms with Gasteiger partial charge in [-0.3, -0.25) is 10.1 Å². The molecule has 1 saturated carbocycles. The van der Waals surface area contributed by atoms with Crippen LogP contribution in [0.3, 0.4) is 0 Å². The molecule has 0 amide bonds. The third kappa shape index (κ3) is 5.10. The van der Waals surface area contributed by atoms with Crippen molar-refractivity contribution in [1.82, 2.24) is 5.32 Å². The molecule has 1 N–H and O–H groups in total. The fourth-order valence-corrected chi connectivity index (χ4v) is 2.84. The summed E-state index contributed by atoms with van der Waals surface area (Å²) in [4.78, 5) is 10.6. The van der Waals surface area contributed by atoms with Gasteiger partial charge in [-0.1, -0.05) is 50.3 Å². The summed E-state index contributed by atoms with van der Waals surface area (Å²) < 4.78 is 0. The summed E-state index contributed by atoms with van der Waals surface area (Å²) in [5, 5.41) is 14.2. The molecule has 0 aromatic heterocycles. The van der Waals surface area contributed by atoms with Crippen molar-refractivity contribution in [2.75, 3.05) is 6.54 Å². The van der Waals surface area contributed by atoms with Crippen LogP contribution in [0.15, 0.2) is 24.3 Å². The second-order valence-corrected chi connectivity index (χ2v) is 5.36. The Balaban J connectivity index is 0.00000200. The van der Waals surface area contributed by atoms with Crippen LogP contribution in [0, 0.1) is 16.0 Å². The molecule has 0 bridgehead atoms. The van der Waals surface area contributed by atoms with Crippen LogP contribution in [-0.4, -0.2) is 11.5 Å². The van der Waals surface area contributed by atoms with Gasteiger partial charge in [0.05, 0.1) is 4.92 Å². The highest BCUT2D eigenvalue weighted by molar-refractivity contribution is 5.85. The first-order chi connectivity index (χ1) is 9.27. The average Bonchev–Trinajstić information content (AvgIpc) is 2.45. The molecule has 0 heterocycles. The number of nitro groups is 1. The highest BCUT2D eigenvalue weighted by Crippen LogP contribution is 2.25. The summed E-state index contributed by atoms with van der Waals surface area (Å²) >= 11 is 0. The Morgan fingerprint density at radius 2 is 1.90 bits per heavy atom. The molecule has 4 nitrogen and oxygen atoms in total. The monoisotopic (exact) mass is 298 g/mol. The molecule has 20 heavy (non-hydrogen) atoms. The second kappa shape index (κ2) is 8.93. The summed E-state index contributed by atoms with van der Waals surface area (Å²) in [5.74, 6) is 0.854. The Bertz CT molecular complexity index is 420. The third-order valence-electron chi connectivity index (χ3n) is 3.96. The molecule has 0 spiro atoms. The first-order valence-electron chi connectivity index (χ1n) is 7.20. The van der Waals surface area contributed by atoms with E-state index in [1.807, 2.05) is 12.1 Å². The molecule has 1 aromatic rings. The van der Waals surface area contributed by atoms with Crippen molar-refractivity contribution in [3.8, 4) is 0 Å². The van der Waals surface area contributed by atoms with Crippen LogP contribution in [0.5, 0.6) is 0 Å². The summed E-state index contributed by atoms with van der Waals surface area (Å²) in [6, 6.07) is 6.96. The zero-order valence-electron chi connectivity index (χ0n) is 11.7. The van der Waals surface area contributed by atoms with E-state index in [9.17, 15) is 10.1 Å². The number of hydrogen-bond donors (Lipinski definition) is 1. The van der Waals surface area contributed by atoms with Gasteiger partial charge < -0.3 is 5.32 Å². The lowest BCUT2D eigenvalue weighted by Gasteiger charge is -2.21. The molecule has 0 aliphatic heterocycles. The maximum absolute atomic E-state index is 10.9. The first-order valence-corrected chi connectivity index (χ1v) is 7.20. The minimum atomic E-state index is -0.307. The number of rotatable bonds is 6. The minimum Gasteiger partial charge on any atom is -0.312 e. The third-order valence-corrected chi connectivity index (χ3v) is 3.96. The van der Waals surface area contributed by atoms with Crippen LogP contribution >= 0.6 is 12.4 Å². The molecular weight excluding hydrogens is 276 g/mol. The predicted molar refractivity (Wildman–Crippen MR) is 83.2 cm³/mol. The molecule has 0 radical (unpaired) electrons. The van der Waals surface area contributed by atoms with Crippen molar-refractivity contribution in [1.29, 1.82) is 0 Å². The van der Waals surface area contributed by atoms with E-state index in [0.717, 1.165) is 18.0 Å². The van der Waals surface area contributed by atoms with Crippen molar-refractivity contribution >= 4 is 18.1 Å². The summed E-state index contributed by atoms with van der Waals surface area (Å²) in [5.41, 5.74) is 0.990. The molecule has 0 unspecified atom stereocenters. The van der Waals surface area contributed by atoms with E-state index in [-0.39, 0.29) is 23.0 Å². The van der Waals surface area contributed by atoms with Crippen molar-refractivity contribution < 1.29 is 4.92 Å². The van der Waals surface area contributed by atoms with E-state index in [1.165, 1.54) is 38.5 Å². The Kier molecular flexibility index (Phi) is 7.55. The van der Waals surface area contributed by atoms with Gasteiger partial charge in [0.2, 0.25) is 0 Å². The van der Waals surface area contributed by atoms with Crippen LogP contribution < -0.4 is 5.32 Å². The topological polar surface area (TPSA) is 55.2 Å². The molecular formula is C15H23ClN2O2. The van der Waals surface area contributed by atoms with Gasteiger partial charge in [0.15, 0.2) is 0 Å². The molecule has 2 rings (SSSR count). The number of nitrogens with one attached hydrogen (secondary N) is 1. The zero-order chi connectivity index (χ0) is 13.5. The van der Waals surface area contributed by atoms with E-state index >= 15 is 0 Å². The molecule has 1 aliphatic rings. The van der Waals surface area contributed by atoms with Crippen molar-refractivity contribution in [2.45, 2.75) is 45.1 Å². The highest BCUT2D eigenvalue weighted by atomic mass is 35.5. The van der Waals surface area contributed by atoms with Gasteiger partial charge in [0.25, 0.3) is 5.69 Å². The fourth-order valence-electron chi connectivity index (χ4n) is 2.84. The number of hydrogen-bond acceptors (Lipinski definition) is 3. The van der Waals surface area contributed by atoms with E-state index < -0.39 is 0 Å². The maximum atomic E-state index is 10.9. The van der Waals surface area contributed by atoms with Gasteiger partial charge in [-0.2, -0.15) is 0 Å². The lowest BCUT2D eigenvalue weighted by molar-refractivity contribution is -0.385. The number of para-hydroxylation sites is 1. The van der Waals surface area contributed by atoms with Crippen LogP contribution in [0.25, 0.3) is 0 Å². The molecule has 0 saturated heterocycles. The van der Waals surface area contributed by atoms with E-state index in [4.69, 9.17) is 0 Å². The van der Waals surface area contributed by atoms with Crippen LogP contribution in [0.2, 0.25) is 0 Å². The Morgan fingerprint density at radius 3 is 2.60 bits per heavy atom. The van der Waals surface area contributed by atoms with E-state index in [0.29, 0.717) is 6.54 Å². The number of nitro benzene ring substituents is 1. The Hall–Kier alpha value is -1.13. The van der Waals surface area contributed by atoms with Crippen LogP contribution in [-0.2, 0) is 6.54 Å². The molecule has 5 heteroatoms. The summed E-state index contributed by atoms with van der Waals surface area (Å²) in [6.07, 6.45) is 8.03. The van der Waals surface area contributed by atoms with Gasteiger partial charge in [-0.25, -0.2) is 0 Å². The van der Waals surface area contributed by atoms with Gasteiger partial charge >= 0.3 is 0 Å². The first kappa shape index (κ1) is 16.9. The van der Waals surface area contributed by atoms with Crippen molar-refractivity contribution in [3.63, 3.8) is 0 Å². The van der Waals surface area contributed by atoms with E-state index in [1.54, 1.807) is 12.1 Å². The van der Waals surface area contributed by atoms with Crippen molar-refractivity contribution in [3.05, 3.63) is 39.9 Å². The highest BCUT2D eigenvalue weighted by Gasteiger charge is 2.14. The molecule has 1 aromatic carbocycles. The largest absolute Gasteiger partial charge is 0.312 e. The molecule has 112 valence electrons. The Morgan fingerprint density at radius 1 is 1.20 bits per heavy atom. The quantitative estimate of drug-likeness (QED) is 0.489. The fraction of sp³-hybridized carbons (Fsp3) is 0.600. The van der Waals surface area contributed by atoms with Gasteiger partial charge in [-0.15, -0.1) is 12.4 Å². The Labute approximate surface area is 126 Å². The van der Waals surface area contributed by atoms with E-state index in [2.05, 4.69) is 5.32 Å². The molecule has 0 atom stereocenters. The lowest BCUT2D eigenvalue weighted by atomic mass is 9.87. The number of nitrogens with zero attached hydrogens (tertiary/aromatic N) is 1.